The number of H-pyrrole nitrogens is 2. The Morgan fingerprint density at radius 3 is 2.40 bits per heavy atom. The van der Waals surface area contributed by atoms with Crippen LogP contribution in [0.4, 0.5) is 0 Å². The van der Waals surface area contributed by atoms with E-state index in [4.69, 9.17) is 4.74 Å². The lowest BCUT2D eigenvalue weighted by molar-refractivity contribution is 0.425. The van der Waals surface area contributed by atoms with Crippen molar-refractivity contribution in [2.75, 3.05) is 0 Å². The van der Waals surface area contributed by atoms with Crippen LogP contribution in [0, 0.1) is 0 Å². The van der Waals surface area contributed by atoms with E-state index in [0.717, 1.165) is 44.7 Å². The minimum atomic E-state index is -0.231. The average Bonchev–Trinajstić information content (AvgIpc) is 3.31. The molecule has 0 atom stereocenters. The fraction of sp³-hybridized carbons (Fsp3) is 0.111. The summed E-state index contributed by atoms with van der Waals surface area (Å²) in [5.41, 5.74) is 7.49. The maximum absolute atomic E-state index is 6.64. The third kappa shape index (κ3) is 1.99. The van der Waals surface area contributed by atoms with E-state index in [1.807, 2.05) is 12.2 Å². The van der Waals surface area contributed by atoms with Crippen LogP contribution >= 0.6 is 0 Å². The van der Waals surface area contributed by atoms with Gasteiger partial charge in [0.2, 0.25) is 0 Å². The Balaban J connectivity index is 1.73. The molecule has 2 aromatic heterocycles. The first-order valence-corrected chi connectivity index (χ1v) is 10.2. The van der Waals surface area contributed by atoms with E-state index >= 15 is 0 Å². The van der Waals surface area contributed by atoms with E-state index in [1.54, 1.807) is 0 Å². The van der Waals surface area contributed by atoms with Gasteiger partial charge in [-0.15, -0.1) is 0 Å². The van der Waals surface area contributed by atoms with Crippen molar-refractivity contribution in [3.05, 3.63) is 84.1 Å². The van der Waals surface area contributed by atoms with Crippen LogP contribution in [0.25, 0.3) is 44.9 Å². The van der Waals surface area contributed by atoms with Crippen LogP contribution in [0.1, 0.15) is 36.2 Å². The van der Waals surface area contributed by atoms with Gasteiger partial charge in [0.05, 0.1) is 10.9 Å². The Hall–Kier alpha value is -3.72. The molecule has 3 heterocycles. The number of ether oxygens (including phenoxy) is 1. The molecule has 1 aliphatic heterocycles. The number of para-hydroxylation sites is 1. The van der Waals surface area contributed by atoms with Gasteiger partial charge in [-0.2, -0.15) is 0 Å². The van der Waals surface area contributed by atoms with Crippen LogP contribution in [0.5, 0.6) is 11.5 Å². The molecule has 0 saturated heterocycles. The monoisotopic (exact) mass is 390 g/mol. The molecule has 3 heteroatoms. The van der Waals surface area contributed by atoms with Crippen LogP contribution in [-0.4, -0.2) is 9.97 Å². The Morgan fingerprint density at radius 1 is 0.833 bits per heavy atom. The van der Waals surface area contributed by atoms with Gasteiger partial charge in [0.15, 0.2) is 0 Å². The summed E-state index contributed by atoms with van der Waals surface area (Å²) in [6, 6.07) is 17.0. The lowest BCUT2D eigenvalue weighted by atomic mass is 9.73. The number of hydrogen-bond acceptors (Lipinski definition) is 1. The number of rotatable bonds is 2. The van der Waals surface area contributed by atoms with E-state index in [1.165, 1.54) is 21.9 Å². The molecule has 0 saturated carbocycles. The molecule has 30 heavy (non-hydrogen) atoms. The smallest absolute Gasteiger partial charge is 0.141 e. The van der Waals surface area contributed by atoms with Crippen molar-refractivity contribution in [3.63, 3.8) is 0 Å². The molecular formula is C27H22N2O. The zero-order chi connectivity index (χ0) is 20.6. The summed E-state index contributed by atoms with van der Waals surface area (Å²) in [4.78, 5) is 7.01. The fourth-order valence-electron chi connectivity index (χ4n) is 5.15. The van der Waals surface area contributed by atoms with Crippen LogP contribution in [0.3, 0.4) is 0 Å². The van der Waals surface area contributed by atoms with E-state index < -0.39 is 0 Å². The standard InChI is InChI=1S/C27H22N2O/c1-5-15-18(6-2)28-21-12-11-17-26(24(15)21)30-22-14-13-20-23(25(22)27(17,3)4)16-9-7-8-10-19(16)29-20/h5-14,28-29H,1-2H2,3-4H3. The predicted molar refractivity (Wildman–Crippen MR) is 126 cm³/mol. The van der Waals surface area contributed by atoms with Gasteiger partial charge in [0, 0.05) is 49.6 Å². The van der Waals surface area contributed by atoms with Gasteiger partial charge >= 0.3 is 0 Å². The summed E-state index contributed by atoms with van der Waals surface area (Å²) in [5, 5.41) is 3.53. The van der Waals surface area contributed by atoms with Crippen molar-refractivity contribution in [1.29, 1.82) is 0 Å². The highest BCUT2D eigenvalue weighted by Crippen LogP contribution is 2.54. The maximum atomic E-state index is 6.64. The second-order valence-electron chi connectivity index (χ2n) is 8.48. The first-order chi connectivity index (χ1) is 14.5. The maximum Gasteiger partial charge on any atom is 0.141 e. The van der Waals surface area contributed by atoms with Gasteiger partial charge in [-0.3, -0.25) is 0 Å². The van der Waals surface area contributed by atoms with E-state index in [0.29, 0.717) is 0 Å². The molecule has 0 aliphatic carbocycles. The van der Waals surface area contributed by atoms with Gasteiger partial charge in [0.1, 0.15) is 11.5 Å². The molecule has 146 valence electrons. The van der Waals surface area contributed by atoms with Crippen LogP contribution < -0.4 is 4.74 Å². The molecule has 3 nitrogen and oxygen atoms in total. The Morgan fingerprint density at radius 2 is 1.60 bits per heavy atom. The van der Waals surface area contributed by atoms with Gasteiger partial charge in [-0.25, -0.2) is 0 Å². The number of aromatic amines is 2. The third-order valence-corrected chi connectivity index (χ3v) is 6.54. The van der Waals surface area contributed by atoms with Crippen molar-refractivity contribution < 1.29 is 4.74 Å². The SMILES string of the molecule is C=Cc1[nH]c2ccc3c(c2c1C=C)Oc1ccc2[nH]c4ccccc4c2c1C3(C)C. The molecular weight excluding hydrogens is 368 g/mol. The molecule has 0 fully saturated rings. The number of fused-ring (bicyclic) bond motifs is 8. The van der Waals surface area contributed by atoms with Crippen LogP contribution in [-0.2, 0) is 5.41 Å². The van der Waals surface area contributed by atoms with Gasteiger partial charge in [-0.05, 0) is 30.3 Å². The fourth-order valence-corrected chi connectivity index (χ4v) is 5.15. The highest BCUT2D eigenvalue weighted by molar-refractivity contribution is 6.11. The molecule has 1 aliphatic rings. The zero-order valence-corrected chi connectivity index (χ0v) is 17.1. The molecule has 5 aromatic rings. The van der Waals surface area contributed by atoms with Gasteiger partial charge in [-0.1, -0.05) is 57.3 Å². The Bertz CT molecular complexity index is 1530. The number of aromatic nitrogens is 2. The lowest BCUT2D eigenvalue weighted by Gasteiger charge is -2.35. The molecule has 0 bridgehead atoms. The van der Waals surface area contributed by atoms with Crippen molar-refractivity contribution in [2.45, 2.75) is 19.3 Å². The minimum Gasteiger partial charge on any atom is -0.456 e. The summed E-state index contributed by atoms with van der Waals surface area (Å²) in [6.07, 6.45) is 3.71. The number of hydrogen-bond donors (Lipinski definition) is 2. The van der Waals surface area contributed by atoms with Crippen LogP contribution in [0.2, 0.25) is 0 Å². The molecule has 0 amide bonds. The Labute approximate surface area is 174 Å². The Kier molecular flexibility index (Phi) is 3.24. The van der Waals surface area contributed by atoms with E-state index in [9.17, 15) is 0 Å². The molecule has 3 aromatic carbocycles. The lowest BCUT2D eigenvalue weighted by Crippen LogP contribution is -2.24. The zero-order valence-electron chi connectivity index (χ0n) is 17.1. The summed E-state index contributed by atoms with van der Waals surface area (Å²) in [7, 11) is 0. The second kappa shape index (κ2) is 5.67. The van der Waals surface area contributed by atoms with Gasteiger partial charge < -0.3 is 14.7 Å². The van der Waals surface area contributed by atoms with Crippen molar-refractivity contribution in [3.8, 4) is 11.5 Å². The van der Waals surface area contributed by atoms with Crippen molar-refractivity contribution >= 4 is 44.9 Å². The third-order valence-electron chi connectivity index (χ3n) is 6.54. The predicted octanol–water partition coefficient (Wildman–Crippen LogP) is 7.52. The molecule has 2 N–H and O–H groups in total. The van der Waals surface area contributed by atoms with E-state index in [2.05, 4.69) is 85.5 Å². The topological polar surface area (TPSA) is 40.8 Å². The summed E-state index contributed by atoms with van der Waals surface area (Å²) in [5.74, 6) is 1.82. The quantitative estimate of drug-likeness (QED) is 0.321. The average molecular weight is 390 g/mol. The highest BCUT2D eigenvalue weighted by Gasteiger charge is 2.38. The second-order valence-corrected chi connectivity index (χ2v) is 8.48. The summed E-state index contributed by atoms with van der Waals surface area (Å²) < 4.78 is 6.64. The van der Waals surface area contributed by atoms with Crippen molar-refractivity contribution in [1.82, 2.24) is 9.97 Å². The van der Waals surface area contributed by atoms with Gasteiger partial charge in [0.25, 0.3) is 0 Å². The summed E-state index contributed by atoms with van der Waals surface area (Å²) >= 11 is 0. The largest absolute Gasteiger partial charge is 0.456 e. The number of nitrogens with one attached hydrogen (secondary N) is 2. The minimum absolute atomic E-state index is 0.231. The molecule has 0 radical (unpaired) electrons. The molecule has 0 unspecified atom stereocenters. The molecule has 6 rings (SSSR count). The molecule has 0 spiro atoms. The van der Waals surface area contributed by atoms with E-state index in [-0.39, 0.29) is 5.41 Å². The first-order valence-electron chi connectivity index (χ1n) is 10.2. The summed E-state index contributed by atoms with van der Waals surface area (Å²) in [6.45, 7) is 12.6. The van der Waals surface area contributed by atoms with Crippen molar-refractivity contribution in [2.24, 2.45) is 0 Å². The highest BCUT2D eigenvalue weighted by atomic mass is 16.5. The van der Waals surface area contributed by atoms with Crippen LogP contribution in [0.15, 0.2) is 61.7 Å². The normalized spacial score (nSPS) is 14.5. The first kappa shape index (κ1) is 17.2. The number of benzene rings is 3.